The number of rotatable bonds is 7. The van der Waals surface area contributed by atoms with Crippen molar-refractivity contribution < 1.29 is 0 Å². The normalized spacial score (nSPS) is 11.2. The lowest BCUT2D eigenvalue weighted by atomic mass is 9.90. The molecule has 3 nitrogen and oxygen atoms in total. The number of pyridine rings is 1. The summed E-state index contributed by atoms with van der Waals surface area (Å²) in [5.74, 6) is 0.670. The van der Waals surface area contributed by atoms with E-state index < -0.39 is 0 Å². The summed E-state index contributed by atoms with van der Waals surface area (Å²) < 4.78 is 0. The van der Waals surface area contributed by atoms with Gasteiger partial charge in [0.2, 0.25) is 0 Å². The first-order chi connectivity index (χ1) is 27.7. The van der Waals surface area contributed by atoms with Gasteiger partial charge in [0.05, 0.1) is 22.6 Å². The van der Waals surface area contributed by atoms with E-state index in [1.807, 2.05) is 18.2 Å². The van der Waals surface area contributed by atoms with Gasteiger partial charge in [-0.3, -0.25) is 0 Å². The van der Waals surface area contributed by atoms with Crippen LogP contribution in [-0.4, -0.2) is 15.0 Å². The topological polar surface area (TPSA) is 38.7 Å². The molecule has 0 N–H and O–H groups in total. The molecule has 10 aromatic rings. The van der Waals surface area contributed by atoms with Gasteiger partial charge in [0, 0.05) is 33.2 Å². The number of nitrogens with zero attached hydrogens (tertiary/aromatic N) is 3. The highest BCUT2D eigenvalue weighted by Crippen LogP contribution is 2.42. The van der Waals surface area contributed by atoms with Gasteiger partial charge in [0.15, 0.2) is 5.82 Å². The van der Waals surface area contributed by atoms with Crippen molar-refractivity contribution in [2.24, 2.45) is 0 Å². The van der Waals surface area contributed by atoms with Gasteiger partial charge in [-0.1, -0.05) is 188 Å². The highest BCUT2D eigenvalue weighted by atomic mass is 14.9. The molecule has 0 fully saturated rings. The highest BCUT2D eigenvalue weighted by Gasteiger charge is 2.18. The molecule has 0 bridgehead atoms. The number of hydrogen-bond donors (Lipinski definition) is 0. The second-order valence-corrected chi connectivity index (χ2v) is 14.0. The predicted octanol–water partition coefficient (Wildman–Crippen LogP) is 13.8. The lowest BCUT2D eigenvalue weighted by molar-refractivity contribution is 1.18. The van der Waals surface area contributed by atoms with Crippen molar-refractivity contribution in [1.82, 2.24) is 15.0 Å². The van der Waals surface area contributed by atoms with E-state index in [0.29, 0.717) is 5.82 Å². The zero-order valence-electron chi connectivity index (χ0n) is 30.5. The van der Waals surface area contributed by atoms with Crippen molar-refractivity contribution in [3.05, 3.63) is 212 Å². The Morgan fingerprint density at radius 2 is 0.732 bits per heavy atom. The predicted molar refractivity (Wildman–Crippen MR) is 233 cm³/mol. The van der Waals surface area contributed by atoms with Crippen molar-refractivity contribution in [2.75, 3.05) is 0 Å². The average Bonchev–Trinajstić information content (AvgIpc) is 3.29. The summed E-state index contributed by atoms with van der Waals surface area (Å²) in [7, 11) is 0. The minimum atomic E-state index is 0.670. The van der Waals surface area contributed by atoms with E-state index in [0.717, 1.165) is 77.9 Å². The first-order valence-corrected chi connectivity index (χ1v) is 18.9. The third-order valence-corrected chi connectivity index (χ3v) is 10.5. The lowest BCUT2D eigenvalue weighted by Crippen LogP contribution is -1.97. The number of aromatic nitrogens is 3. The van der Waals surface area contributed by atoms with Crippen LogP contribution in [0.15, 0.2) is 212 Å². The molecular weight excluding hydrogens is 679 g/mol. The zero-order valence-corrected chi connectivity index (χ0v) is 30.5. The molecule has 2 heterocycles. The Bertz CT molecular complexity index is 2980. The summed E-state index contributed by atoms with van der Waals surface area (Å²) in [4.78, 5) is 15.9. The van der Waals surface area contributed by atoms with Crippen LogP contribution in [0.3, 0.4) is 0 Å². The van der Waals surface area contributed by atoms with Crippen LogP contribution in [0, 0.1) is 0 Å². The summed E-state index contributed by atoms with van der Waals surface area (Å²) in [6.07, 6.45) is 0. The van der Waals surface area contributed by atoms with Crippen LogP contribution in [0.4, 0.5) is 0 Å². The minimum Gasteiger partial charge on any atom is -0.247 e. The van der Waals surface area contributed by atoms with Crippen molar-refractivity contribution in [3.63, 3.8) is 0 Å². The molecule has 2 aromatic heterocycles. The van der Waals surface area contributed by atoms with Crippen LogP contribution in [0.2, 0.25) is 0 Å². The number of fused-ring (bicyclic) bond motifs is 3. The van der Waals surface area contributed by atoms with Crippen molar-refractivity contribution in [2.45, 2.75) is 0 Å². The van der Waals surface area contributed by atoms with Crippen LogP contribution in [-0.2, 0) is 0 Å². The Labute approximate surface area is 326 Å². The van der Waals surface area contributed by atoms with Gasteiger partial charge < -0.3 is 0 Å². The molecular formula is C53H35N3. The van der Waals surface area contributed by atoms with E-state index in [1.54, 1.807) is 0 Å². The van der Waals surface area contributed by atoms with E-state index in [9.17, 15) is 0 Å². The molecule has 10 rings (SSSR count). The Morgan fingerprint density at radius 1 is 0.268 bits per heavy atom. The van der Waals surface area contributed by atoms with E-state index in [1.165, 1.54) is 16.5 Å². The van der Waals surface area contributed by atoms with Gasteiger partial charge in [-0.2, -0.15) is 0 Å². The van der Waals surface area contributed by atoms with Crippen LogP contribution in [0.25, 0.3) is 100 Å². The van der Waals surface area contributed by atoms with Gasteiger partial charge in [-0.15, -0.1) is 0 Å². The number of benzene rings is 8. The molecule has 0 saturated heterocycles. The molecule has 262 valence electrons. The molecule has 0 spiro atoms. The molecule has 0 atom stereocenters. The Kier molecular flexibility index (Phi) is 8.51. The van der Waals surface area contributed by atoms with E-state index in [-0.39, 0.29) is 0 Å². The molecule has 56 heavy (non-hydrogen) atoms. The third-order valence-electron chi connectivity index (χ3n) is 10.5. The number of hydrogen-bond acceptors (Lipinski definition) is 3. The molecule has 0 aliphatic rings. The zero-order chi connectivity index (χ0) is 37.3. The van der Waals surface area contributed by atoms with Gasteiger partial charge in [-0.25, -0.2) is 15.0 Å². The summed E-state index contributed by atoms with van der Waals surface area (Å²) in [5, 5.41) is 3.48. The summed E-state index contributed by atoms with van der Waals surface area (Å²) in [6.45, 7) is 0. The first-order valence-electron chi connectivity index (χ1n) is 18.9. The summed E-state index contributed by atoms with van der Waals surface area (Å²) in [5.41, 5.74) is 14.5. The second kappa shape index (κ2) is 14.4. The van der Waals surface area contributed by atoms with Gasteiger partial charge in [0.1, 0.15) is 0 Å². The summed E-state index contributed by atoms with van der Waals surface area (Å²) >= 11 is 0. The molecule has 0 aliphatic carbocycles. The van der Waals surface area contributed by atoms with Crippen LogP contribution in [0.5, 0.6) is 0 Å². The van der Waals surface area contributed by atoms with Crippen molar-refractivity contribution in [1.29, 1.82) is 0 Å². The molecule has 0 amide bonds. The van der Waals surface area contributed by atoms with Gasteiger partial charge in [0.25, 0.3) is 0 Å². The van der Waals surface area contributed by atoms with E-state index in [4.69, 9.17) is 15.0 Å². The molecule has 0 saturated carbocycles. The minimum absolute atomic E-state index is 0.670. The van der Waals surface area contributed by atoms with E-state index in [2.05, 4.69) is 194 Å². The SMILES string of the molecule is c1ccc(-c2ccc(-c3cc(-c4ccccc4)nc(-c4cccc(-c5cc6ccccc6c6c(-c7ccccc7)cc(-c7ccccc7)nc56)c4)n3)cc2)cc1. The third kappa shape index (κ3) is 6.31. The molecule has 0 aliphatic heterocycles. The van der Waals surface area contributed by atoms with Crippen LogP contribution < -0.4 is 0 Å². The monoisotopic (exact) mass is 713 g/mol. The quantitative estimate of drug-likeness (QED) is 0.154. The standard InChI is InChI=1S/C53H35N3/c1-5-16-36(17-6-1)37-28-30-41(31-29-37)50-35-49(40-22-11-4-12-23-40)55-53(56-50)44-26-15-25-42(32-44)47-33-43-24-13-14-27-45(43)51-46(38-18-7-2-8-19-38)34-48(54-52(47)51)39-20-9-3-10-21-39/h1-35H. The summed E-state index contributed by atoms with van der Waals surface area (Å²) in [6, 6.07) is 74.4. The largest absolute Gasteiger partial charge is 0.247 e. The van der Waals surface area contributed by atoms with Gasteiger partial charge >= 0.3 is 0 Å². The maximum Gasteiger partial charge on any atom is 0.160 e. The fourth-order valence-corrected chi connectivity index (χ4v) is 7.68. The van der Waals surface area contributed by atoms with Gasteiger partial charge in [-0.05, 0) is 62.9 Å². The first kappa shape index (κ1) is 33.1. The maximum atomic E-state index is 5.47. The maximum absolute atomic E-state index is 5.47. The molecule has 0 radical (unpaired) electrons. The van der Waals surface area contributed by atoms with Crippen molar-refractivity contribution >= 4 is 21.7 Å². The fraction of sp³-hybridized carbons (Fsp3) is 0. The Balaban J connectivity index is 1.17. The second-order valence-electron chi connectivity index (χ2n) is 14.0. The average molecular weight is 714 g/mol. The van der Waals surface area contributed by atoms with Crippen LogP contribution in [0.1, 0.15) is 0 Å². The van der Waals surface area contributed by atoms with Crippen molar-refractivity contribution in [3.8, 4) is 78.5 Å². The molecule has 3 heteroatoms. The molecule has 0 unspecified atom stereocenters. The highest BCUT2D eigenvalue weighted by molar-refractivity contribution is 6.18. The Morgan fingerprint density at radius 3 is 1.38 bits per heavy atom. The lowest BCUT2D eigenvalue weighted by Gasteiger charge is -2.17. The van der Waals surface area contributed by atoms with E-state index >= 15 is 0 Å². The fourth-order valence-electron chi connectivity index (χ4n) is 7.68. The smallest absolute Gasteiger partial charge is 0.160 e. The molecule has 8 aromatic carbocycles. The Hall–Kier alpha value is -7.49. The van der Waals surface area contributed by atoms with Crippen LogP contribution >= 0.6 is 0 Å².